The summed E-state index contributed by atoms with van der Waals surface area (Å²) in [6.07, 6.45) is -0.711. The summed E-state index contributed by atoms with van der Waals surface area (Å²) in [5.74, 6) is -3.70. The molecule has 116 valence electrons. The van der Waals surface area contributed by atoms with Gasteiger partial charge < -0.3 is 10.8 Å². The van der Waals surface area contributed by atoms with Crippen molar-refractivity contribution in [2.24, 2.45) is 5.73 Å². The zero-order valence-corrected chi connectivity index (χ0v) is 12.2. The van der Waals surface area contributed by atoms with Gasteiger partial charge in [-0.15, -0.1) is 0 Å². The maximum absolute atomic E-state index is 12.6. The van der Waals surface area contributed by atoms with E-state index >= 15 is 0 Å². The Kier molecular flexibility index (Phi) is 3.99. The number of carbonyl (C=O) groups excluding carboxylic acids is 3. The summed E-state index contributed by atoms with van der Waals surface area (Å²) in [5.41, 5.74) is 6.25. The Hall–Kier alpha value is -2.70. The highest BCUT2D eigenvalue weighted by atomic mass is 16.4. The van der Waals surface area contributed by atoms with Crippen LogP contribution in [0.5, 0.6) is 0 Å². The van der Waals surface area contributed by atoms with E-state index in [4.69, 9.17) is 10.8 Å². The highest BCUT2D eigenvalue weighted by Crippen LogP contribution is 2.31. The summed E-state index contributed by atoms with van der Waals surface area (Å²) in [6.45, 7) is 3.75. The highest BCUT2D eigenvalue weighted by Gasteiger charge is 2.44. The van der Waals surface area contributed by atoms with Crippen molar-refractivity contribution in [2.75, 3.05) is 0 Å². The number of hydrogen-bond donors (Lipinski definition) is 2. The molecular formula is C15H16N2O5. The van der Waals surface area contributed by atoms with E-state index in [0.29, 0.717) is 10.5 Å². The molecule has 3 amide bonds. The Morgan fingerprint density at radius 3 is 2.36 bits per heavy atom. The molecule has 1 aromatic rings. The summed E-state index contributed by atoms with van der Waals surface area (Å²) < 4.78 is 0. The number of carboxylic acid groups (broad SMARTS) is 1. The van der Waals surface area contributed by atoms with Crippen molar-refractivity contribution in [3.8, 4) is 0 Å². The Bertz CT molecular complexity index is 681. The average Bonchev–Trinajstić information content (AvgIpc) is 2.68. The number of hydrogen-bond acceptors (Lipinski definition) is 4. The summed E-state index contributed by atoms with van der Waals surface area (Å²) in [6, 6.07) is 3.37. The molecule has 2 rings (SSSR count). The first-order valence-electron chi connectivity index (χ1n) is 6.77. The Labute approximate surface area is 126 Å². The van der Waals surface area contributed by atoms with Gasteiger partial charge in [0.05, 0.1) is 17.5 Å². The van der Waals surface area contributed by atoms with E-state index in [1.807, 2.05) is 13.8 Å². The predicted octanol–water partition coefficient (Wildman–Crippen LogP) is 0.735. The number of nitrogens with two attached hydrogens (primary N) is 1. The van der Waals surface area contributed by atoms with Crippen LogP contribution < -0.4 is 5.73 Å². The molecule has 7 heteroatoms. The molecule has 0 spiro atoms. The smallest absolute Gasteiger partial charge is 0.306 e. The molecule has 0 aliphatic carbocycles. The van der Waals surface area contributed by atoms with Crippen LogP contribution >= 0.6 is 0 Å². The highest BCUT2D eigenvalue weighted by molar-refractivity contribution is 6.23. The van der Waals surface area contributed by atoms with Crippen LogP contribution in [0.4, 0.5) is 0 Å². The molecule has 1 aromatic carbocycles. The zero-order valence-electron chi connectivity index (χ0n) is 12.2. The third-order valence-corrected chi connectivity index (χ3v) is 3.61. The normalized spacial score (nSPS) is 15.1. The van der Waals surface area contributed by atoms with Crippen LogP contribution in [0.25, 0.3) is 0 Å². The Balaban J connectivity index is 2.52. The van der Waals surface area contributed by atoms with E-state index in [9.17, 15) is 19.2 Å². The van der Waals surface area contributed by atoms with Gasteiger partial charge in [0.15, 0.2) is 0 Å². The second-order valence-electron chi connectivity index (χ2n) is 5.42. The van der Waals surface area contributed by atoms with Crippen LogP contribution in [-0.2, 0) is 9.59 Å². The van der Waals surface area contributed by atoms with Crippen molar-refractivity contribution in [1.82, 2.24) is 4.90 Å². The summed E-state index contributed by atoms with van der Waals surface area (Å²) in [7, 11) is 0. The van der Waals surface area contributed by atoms with Crippen LogP contribution in [0, 0.1) is 0 Å². The van der Waals surface area contributed by atoms with Crippen LogP contribution in [0.1, 0.15) is 52.5 Å². The van der Waals surface area contributed by atoms with Crippen molar-refractivity contribution in [3.05, 3.63) is 34.9 Å². The van der Waals surface area contributed by atoms with Gasteiger partial charge in [0.2, 0.25) is 5.91 Å². The molecule has 1 aliphatic heterocycles. The molecule has 0 aromatic heterocycles. The fourth-order valence-electron chi connectivity index (χ4n) is 2.58. The van der Waals surface area contributed by atoms with Crippen LogP contribution in [0.2, 0.25) is 0 Å². The molecule has 0 saturated heterocycles. The molecule has 0 fully saturated rings. The standard InChI is InChI=1S/C15H16N2O5/c1-7(2)8-4-3-5-9-12(8)15(22)17(14(9)21)10(13(16)20)6-11(18)19/h3-5,7,10H,6H2,1-2H3,(H2,16,20)(H,18,19). The summed E-state index contributed by atoms with van der Waals surface area (Å²) in [4.78, 5) is 48.0. The lowest BCUT2D eigenvalue weighted by molar-refractivity contribution is -0.140. The number of benzene rings is 1. The van der Waals surface area contributed by atoms with Gasteiger partial charge in [-0.1, -0.05) is 26.0 Å². The molecule has 0 saturated carbocycles. The average molecular weight is 304 g/mol. The molecule has 7 nitrogen and oxygen atoms in total. The van der Waals surface area contributed by atoms with Crippen LogP contribution in [0.3, 0.4) is 0 Å². The van der Waals surface area contributed by atoms with Crippen molar-refractivity contribution in [1.29, 1.82) is 0 Å². The fraction of sp³-hybridized carbons (Fsp3) is 0.333. The minimum absolute atomic E-state index is 0.00171. The third kappa shape index (κ3) is 2.45. The van der Waals surface area contributed by atoms with E-state index in [2.05, 4.69) is 0 Å². The van der Waals surface area contributed by atoms with Gasteiger partial charge >= 0.3 is 5.97 Å². The van der Waals surface area contributed by atoms with Crippen LogP contribution in [0.15, 0.2) is 18.2 Å². The first kappa shape index (κ1) is 15.7. The lowest BCUT2D eigenvalue weighted by Gasteiger charge is -2.22. The maximum atomic E-state index is 12.6. The van der Waals surface area contributed by atoms with Gasteiger partial charge in [-0.25, -0.2) is 0 Å². The van der Waals surface area contributed by atoms with Crippen molar-refractivity contribution in [2.45, 2.75) is 32.2 Å². The molecule has 1 heterocycles. The number of amides is 3. The fourth-order valence-corrected chi connectivity index (χ4v) is 2.58. The first-order valence-corrected chi connectivity index (χ1v) is 6.77. The Morgan fingerprint density at radius 1 is 1.23 bits per heavy atom. The SMILES string of the molecule is CC(C)c1cccc2c1C(=O)N(C(CC(=O)O)C(N)=O)C2=O. The zero-order chi connectivity index (χ0) is 16.6. The van der Waals surface area contributed by atoms with E-state index in [1.54, 1.807) is 12.1 Å². The lowest BCUT2D eigenvalue weighted by Crippen LogP contribution is -2.48. The minimum Gasteiger partial charge on any atom is -0.481 e. The summed E-state index contributed by atoms with van der Waals surface area (Å²) in [5, 5.41) is 8.87. The van der Waals surface area contributed by atoms with Gasteiger partial charge in [0.1, 0.15) is 6.04 Å². The molecule has 0 bridgehead atoms. The quantitative estimate of drug-likeness (QED) is 0.778. The summed E-state index contributed by atoms with van der Waals surface area (Å²) >= 11 is 0. The second-order valence-corrected chi connectivity index (χ2v) is 5.42. The topological polar surface area (TPSA) is 118 Å². The molecule has 1 unspecified atom stereocenters. The molecular weight excluding hydrogens is 288 g/mol. The van der Waals surface area contributed by atoms with E-state index < -0.39 is 36.2 Å². The molecule has 22 heavy (non-hydrogen) atoms. The van der Waals surface area contributed by atoms with Crippen LogP contribution in [-0.4, -0.2) is 39.7 Å². The van der Waals surface area contributed by atoms with Crippen molar-refractivity contribution in [3.63, 3.8) is 0 Å². The van der Waals surface area contributed by atoms with Gasteiger partial charge in [-0.3, -0.25) is 24.1 Å². The number of rotatable bonds is 5. The van der Waals surface area contributed by atoms with Gasteiger partial charge in [0.25, 0.3) is 11.8 Å². The van der Waals surface area contributed by atoms with Gasteiger partial charge in [0, 0.05) is 0 Å². The second kappa shape index (κ2) is 5.59. The first-order chi connectivity index (χ1) is 10.3. The van der Waals surface area contributed by atoms with Gasteiger partial charge in [-0.05, 0) is 17.5 Å². The number of carbonyl (C=O) groups is 4. The third-order valence-electron chi connectivity index (χ3n) is 3.61. The minimum atomic E-state index is -1.50. The largest absolute Gasteiger partial charge is 0.481 e. The Morgan fingerprint density at radius 2 is 1.86 bits per heavy atom. The maximum Gasteiger partial charge on any atom is 0.306 e. The van der Waals surface area contributed by atoms with E-state index in [0.717, 1.165) is 0 Å². The number of carboxylic acids is 1. The molecule has 3 N–H and O–H groups in total. The van der Waals surface area contributed by atoms with E-state index in [-0.39, 0.29) is 17.0 Å². The number of nitrogens with zero attached hydrogens (tertiary/aromatic N) is 1. The van der Waals surface area contributed by atoms with Crippen molar-refractivity contribution >= 4 is 23.7 Å². The number of fused-ring (bicyclic) bond motifs is 1. The van der Waals surface area contributed by atoms with Gasteiger partial charge in [-0.2, -0.15) is 0 Å². The number of primary amides is 1. The predicted molar refractivity (Wildman–Crippen MR) is 76.3 cm³/mol. The van der Waals surface area contributed by atoms with Crippen molar-refractivity contribution < 1.29 is 24.3 Å². The lowest BCUT2D eigenvalue weighted by atomic mass is 9.94. The number of imide groups is 1. The molecule has 0 radical (unpaired) electrons. The molecule has 1 aliphatic rings. The number of aliphatic carboxylic acids is 1. The monoisotopic (exact) mass is 304 g/mol. The molecule has 1 atom stereocenters. The van der Waals surface area contributed by atoms with E-state index in [1.165, 1.54) is 6.07 Å².